The molecule has 12 heavy (non-hydrogen) atoms. The lowest BCUT2D eigenvalue weighted by Gasteiger charge is -2.10. The Bertz CT molecular complexity index is 270. The molecule has 0 aliphatic heterocycles. The van der Waals surface area contributed by atoms with Crippen LogP contribution in [-0.2, 0) is 0 Å². The van der Waals surface area contributed by atoms with Gasteiger partial charge in [-0.15, -0.1) is 0 Å². The molecule has 66 valence electrons. The van der Waals surface area contributed by atoms with E-state index in [0.29, 0.717) is 5.59 Å². The predicted octanol–water partition coefficient (Wildman–Crippen LogP) is -0.548. The molecule has 0 aliphatic rings. The Morgan fingerprint density at radius 3 is 2.42 bits per heavy atom. The fraction of sp³-hybridized carbons (Fsp3) is 0.571. The highest BCUT2D eigenvalue weighted by molar-refractivity contribution is 6.58. The molecule has 5 heteroatoms. The lowest BCUT2D eigenvalue weighted by atomic mass is 9.83. The van der Waals surface area contributed by atoms with Crippen LogP contribution in [0.5, 0.6) is 0 Å². The van der Waals surface area contributed by atoms with E-state index in [-0.39, 0.29) is 6.04 Å². The molecule has 0 unspecified atom stereocenters. The first-order valence-electron chi connectivity index (χ1n) is 3.94. The molecule has 1 aromatic heterocycles. The van der Waals surface area contributed by atoms with Crippen LogP contribution in [0.2, 0.25) is 0 Å². The number of hydrogen-bond donors (Lipinski definition) is 2. The van der Waals surface area contributed by atoms with Crippen LogP contribution in [0.1, 0.15) is 25.5 Å². The number of nitrogens with zero attached hydrogens (tertiary/aromatic N) is 2. The highest BCUT2D eigenvalue weighted by atomic mass is 16.4. The highest BCUT2D eigenvalue weighted by Gasteiger charge is 2.21. The van der Waals surface area contributed by atoms with Crippen molar-refractivity contribution in [1.82, 2.24) is 9.78 Å². The summed E-state index contributed by atoms with van der Waals surface area (Å²) in [5.41, 5.74) is 1.28. The average Bonchev–Trinajstić information content (AvgIpc) is 2.30. The Morgan fingerprint density at radius 2 is 2.08 bits per heavy atom. The summed E-state index contributed by atoms with van der Waals surface area (Å²) in [4.78, 5) is 0. The van der Waals surface area contributed by atoms with Crippen molar-refractivity contribution in [3.8, 4) is 0 Å². The number of hydrogen-bond acceptors (Lipinski definition) is 3. The van der Waals surface area contributed by atoms with Gasteiger partial charge in [-0.25, -0.2) is 0 Å². The van der Waals surface area contributed by atoms with Crippen LogP contribution in [0.4, 0.5) is 0 Å². The summed E-state index contributed by atoms with van der Waals surface area (Å²) < 4.78 is 1.61. The van der Waals surface area contributed by atoms with Gasteiger partial charge in [0, 0.05) is 6.04 Å². The van der Waals surface area contributed by atoms with Gasteiger partial charge in [0.05, 0.1) is 11.8 Å². The van der Waals surface area contributed by atoms with Crippen LogP contribution in [-0.4, -0.2) is 26.9 Å². The topological polar surface area (TPSA) is 58.3 Å². The zero-order valence-corrected chi connectivity index (χ0v) is 7.52. The van der Waals surface area contributed by atoms with Gasteiger partial charge in [0.25, 0.3) is 0 Å². The van der Waals surface area contributed by atoms with Crippen LogP contribution in [0.25, 0.3) is 0 Å². The Kier molecular flexibility index (Phi) is 2.54. The molecule has 1 rings (SSSR count). The lowest BCUT2D eigenvalue weighted by Crippen LogP contribution is -2.39. The van der Waals surface area contributed by atoms with E-state index in [9.17, 15) is 0 Å². The summed E-state index contributed by atoms with van der Waals surface area (Å²) in [6, 6.07) is 0.149. The van der Waals surface area contributed by atoms with Gasteiger partial charge < -0.3 is 10.0 Å². The van der Waals surface area contributed by atoms with Crippen molar-refractivity contribution >= 4 is 12.7 Å². The molecule has 1 heterocycles. The van der Waals surface area contributed by atoms with Crippen molar-refractivity contribution in [2.24, 2.45) is 0 Å². The van der Waals surface area contributed by atoms with Gasteiger partial charge in [-0.1, -0.05) is 0 Å². The van der Waals surface area contributed by atoms with Crippen molar-refractivity contribution in [2.45, 2.75) is 26.8 Å². The summed E-state index contributed by atoms with van der Waals surface area (Å²) >= 11 is 0. The number of aryl methyl sites for hydroxylation is 1. The van der Waals surface area contributed by atoms with Crippen molar-refractivity contribution in [2.75, 3.05) is 0 Å². The lowest BCUT2D eigenvalue weighted by molar-refractivity contribution is 0.415. The number of aromatic nitrogens is 2. The molecule has 0 bridgehead atoms. The largest absolute Gasteiger partial charge is 0.508 e. The van der Waals surface area contributed by atoms with E-state index in [1.54, 1.807) is 17.8 Å². The van der Waals surface area contributed by atoms with E-state index in [2.05, 4.69) is 5.10 Å². The second-order valence-corrected chi connectivity index (χ2v) is 3.12. The fourth-order valence-electron chi connectivity index (χ4n) is 1.19. The van der Waals surface area contributed by atoms with Crippen LogP contribution < -0.4 is 5.59 Å². The molecular formula is C7H13BN2O2. The highest BCUT2D eigenvalue weighted by Crippen LogP contribution is 2.02. The van der Waals surface area contributed by atoms with E-state index >= 15 is 0 Å². The fourth-order valence-corrected chi connectivity index (χ4v) is 1.19. The van der Waals surface area contributed by atoms with E-state index in [4.69, 9.17) is 10.0 Å². The summed E-state index contributed by atoms with van der Waals surface area (Å²) in [5, 5.41) is 22.1. The molecule has 0 atom stereocenters. The quantitative estimate of drug-likeness (QED) is 0.582. The zero-order valence-electron chi connectivity index (χ0n) is 7.52. The molecule has 0 radical (unpaired) electrons. The van der Waals surface area contributed by atoms with Crippen molar-refractivity contribution in [1.29, 1.82) is 0 Å². The Balaban J connectivity index is 3.12. The molecule has 1 aromatic rings. The van der Waals surface area contributed by atoms with Crippen molar-refractivity contribution in [3.63, 3.8) is 0 Å². The maximum Gasteiger partial charge on any atom is 0.508 e. The summed E-state index contributed by atoms with van der Waals surface area (Å²) in [5.74, 6) is 0. The smallest absolute Gasteiger partial charge is 0.422 e. The molecule has 2 N–H and O–H groups in total. The first-order chi connectivity index (χ1) is 5.54. The Hall–Kier alpha value is -0.805. The summed E-state index contributed by atoms with van der Waals surface area (Å²) in [7, 11) is -1.44. The Morgan fingerprint density at radius 1 is 1.50 bits per heavy atom. The van der Waals surface area contributed by atoms with Crippen LogP contribution >= 0.6 is 0 Å². The van der Waals surface area contributed by atoms with Crippen molar-refractivity contribution < 1.29 is 10.0 Å². The molecule has 0 fully saturated rings. The van der Waals surface area contributed by atoms with Gasteiger partial charge in [-0.3, -0.25) is 4.68 Å². The monoisotopic (exact) mass is 168 g/mol. The minimum absolute atomic E-state index is 0.149. The average molecular weight is 168 g/mol. The minimum atomic E-state index is -1.44. The van der Waals surface area contributed by atoms with Gasteiger partial charge in [-0.2, -0.15) is 5.10 Å². The van der Waals surface area contributed by atoms with Gasteiger partial charge in [0.15, 0.2) is 0 Å². The van der Waals surface area contributed by atoms with E-state index < -0.39 is 7.12 Å². The van der Waals surface area contributed by atoms with Gasteiger partial charge >= 0.3 is 7.12 Å². The van der Waals surface area contributed by atoms with E-state index in [1.807, 2.05) is 13.8 Å². The minimum Gasteiger partial charge on any atom is -0.422 e. The van der Waals surface area contributed by atoms with Crippen LogP contribution in [0.3, 0.4) is 0 Å². The standard InChI is InChI=1S/C7H13BN2O2/c1-5(2)10-7(8(11)12)6(3)4-9-10/h4-5,11-12H,1-3H3. The molecular weight excluding hydrogens is 155 g/mol. The molecule has 0 amide bonds. The zero-order chi connectivity index (χ0) is 9.30. The third-order valence-corrected chi connectivity index (χ3v) is 1.76. The first-order valence-corrected chi connectivity index (χ1v) is 3.94. The molecule has 0 spiro atoms. The van der Waals surface area contributed by atoms with E-state index in [0.717, 1.165) is 5.56 Å². The first kappa shape index (κ1) is 9.28. The number of rotatable bonds is 2. The second kappa shape index (κ2) is 3.29. The van der Waals surface area contributed by atoms with Gasteiger partial charge in [0.2, 0.25) is 0 Å². The Labute approximate surface area is 72.0 Å². The predicted molar refractivity (Wildman–Crippen MR) is 47.2 cm³/mol. The second-order valence-electron chi connectivity index (χ2n) is 3.12. The summed E-state index contributed by atoms with van der Waals surface area (Å²) in [6.07, 6.45) is 1.63. The van der Waals surface area contributed by atoms with Crippen molar-refractivity contribution in [3.05, 3.63) is 11.8 Å². The summed E-state index contributed by atoms with van der Waals surface area (Å²) in [6.45, 7) is 5.69. The SMILES string of the molecule is Cc1cnn(C(C)C)c1B(O)O. The van der Waals surface area contributed by atoms with Gasteiger partial charge in [0.1, 0.15) is 0 Å². The molecule has 0 saturated heterocycles. The molecule has 0 aliphatic carbocycles. The third-order valence-electron chi connectivity index (χ3n) is 1.76. The van der Waals surface area contributed by atoms with Gasteiger partial charge in [-0.05, 0) is 26.3 Å². The third kappa shape index (κ3) is 1.51. The maximum absolute atomic E-state index is 9.02. The molecule has 0 aromatic carbocycles. The van der Waals surface area contributed by atoms with Crippen LogP contribution in [0.15, 0.2) is 6.20 Å². The molecule has 4 nitrogen and oxygen atoms in total. The molecule has 0 saturated carbocycles. The maximum atomic E-state index is 9.02. The van der Waals surface area contributed by atoms with E-state index in [1.165, 1.54) is 0 Å². The van der Waals surface area contributed by atoms with Crippen LogP contribution in [0, 0.1) is 6.92 Å². The normalized spacial score (nSPS) is 10.8.